The zero-order valence-electron chi connectivity index (χ0n) is 14.9. The minimum atomic E-state index is -3.82. The summed E-state index contributed by atoms with van der Waals surface area (Å²) in [7, 11) is -7.02. The molecule has 1 saturated heterocycles. The number of nitrogens with zero attached hydrogens (tertiary/aromatic N) is 1. The number of benzene rings is 2. The Labute approximate surface area is 155 Å². The summed E-state index contributed by atoms with van der Waals surface area (Å²) in [6.45, 7) is 3.77. The van der Waals surface area contributed by atoms with E-state index in [1.54, 1.807) is 19.1 Å². The zero-order valence-corrected chi connectivity index (χ0v) is 16.6. The molecule has 0 aliphatic carbocycles. The molecular weight excluding hydrogens is 370 g/mol. The van der Waals surface area contributed by atoms with Crippen molar-refractivity contribution in [2.75, 3.05) is 11.5 Å². The molecule has 3 rings (SSSR count). The van der Waals surface area contributed by atoms with E-state index in [-0.39, 0.29) is 22.9 Å². The highest BCUT2D eigenvalue weighted by Crippen LogP contribution is 2.29. The first-order chi connectivity index (χ1) is 12.2. The van der Waals surface area contributed by atoms with Gasteiger partial charge in [0.1, 0.15) is 0 Å². The van der Waals surface area contributed by atoms with Crippen LogP contribution in [-0.4, -0.2) is 38.7 Å². The molecule has 0 unspecified atom stereocenters. The van der Waals surface area contributed by atoms with E-state index < -0.39 is 25.9 Å². The number of sulfone groups is 1. The fraction of sp³-hybridized carbons (Fsp3) is 0.368. The van der Waals surface area contributed by atoms with Crippen molar-refractivity contribution in [3.05, 3.63) is 65.2 Å². The van der Waals surface area contributed by atoms with Gasteiger partial charge in [-0.25, -0.2) is 16.8 Å². The molecule has 0 radical (unpaired) electrons. The molecule has 1 heterocycles. The van der Waals surface area contributed by atoms with Crippen LogP contribution in [0.25, 0.3) is 0 Å². The van der Waals surface area contributed by atoms with Crippen LogP contribution in [0.15, 0.2) is 53.4 Å². The zero-order chi connectivity index (χ0) is 18.9. The van der Waals surface area contributed by atoms with Crippen LogP contribution < -0.4 is 0 Å². The van der Waals surface area contributed by atoms with Crippen LogP contribution >= 0.6 is 0 Å². The monoisotopic (exact) mass is 393 g/mol. The normalized spacial score (nSPS) is 19.7. The number of rotatable bonds is 5. The Bertz CT molecular complexity index is 999. The SMILES string of the molecule is Cc1ccc(C)c(S(=O)(=O)N(Cc2ccccc2)[C@@H]2CCS(=O)(=O)C2)c1. The lowest BCUT2D eigenvalue weighted by atomic mass is 10.2. The maximum atomic E-state index is 13.4. The van der Waals surface area contributed by atoms with Gasteiger partial charge in [-0.3, -0.25) is 0 Å². The predicted molar refractivity (Wildman–Crippen MR) is 102 cm³/mol. The quantitative estimate of drug-likeness (QED) is 0.783. The Kier molecular flexibility index (Phi) is 5.23. The van der Waals surface area contributed by atoms with E-state index in [0.29, 0.717) is 12.0 Å². The Morgan fingerprint density at radius 1 is 1.08 bits per heavy atom. The van der Waals surface area contributed by atoms with E-state index in [2.05, 4.69) is 0 Å². The summed E-state index contributed by atoms with van der Waals surface area (Å²) >= 11 is 0. The molecule has 1 aliphatic heterocycles. The van der Waals surface area contributed by atoms with Crippen molar-refractivity contribution in [2.45, 2.75) is 37.8 Å². The fourth-order valence-electron chi connectivity index (χ4n) is 3.29. The van der Waals surface area contributed by atoms with Gasteiger partial charge in [0.15, 0.2) is 9.84 Å². The number of aryl methyl sites for hydroxylation is 2. The van der Waals surface area contributed by atoms with E-state index in [1.165, 1.54) is 4.31 Å². The lowest BCUT2D eigenvalue weighted by Crippen LogP contribution is -2.40. The Morgan fingerprint density at radius 2 is 1.77 bits per heavy atom. The van der Waals surface area contributed by atoms with Crippen LogP contribution in [0.1, 0.15) is 23.1 Å². The molecule has 2 aromatic carbocycles. The summed E-state index contributed by atoms with van der Waals surface area (Å²) < 4.78 is 52.2. The van der Waals surface area contributed by atoms with Crippen molar-refractivity contribution >= 4 is 19.9 Å². The standard InChI is InChI=1S/C19H23NO4S2/c1-15-8-9-16(2)19(12-15)26(23,24)20(13-17-6-4-3-5-7-17)18-10-11-25(21,22)14-18/h3-9,12,18H,10-11,13-14H2,1-2H3/t18-/m1/s1. The molecule has 2 aromatic rings. The first kappa shape index (κ1) is 19.1. The van der Waals surface area contributed by atoms with Gasteiger partial charge in [-0.15, -0.1) is 0 Å². The molecule has 1 atom stereocenters. The first-order valence-electron chi connectivity index (χ1n) is 8.52. The summed E-state index contributed by atoms with van der Waals surface area (Å²) in [6, 6.07) is 14.1. The fourth-order valence-corrected chi connectivity index (χ4v) is 7.07. The molecule has 7 heteroatoms. The molecule has 26 heavy (non-hydrogen) atoms. The molecule has 1 aliphatic rings. The maximum Gasteiger partial charge on any atom is 0.243 e. The third-order valence-electron chi connectivity index (χ3n) is 4.73. The lowest BCUT2D eigenvalue weighted by molar-refractivity contribution is 0.334. The van der Waals surface area contributed by atoms with Gasteiger partial charge in [-0.1, -0.05) is 42.5 Å². The van der Waals surface area contributed by atoms with E-state index >= 15 is 0 Å². The first-order valence-corrected chi connectivity index (χ1v) is 11.8. The molecule has 0 N–H and O–H groups in total. The number of hydrogen-bond donors (Lipinski definition) is 0. The Morgan fingerprint density at radius 3 is 2.38 bits per heavy atom. The molecule has 0 saturated carbocycles. The van der Waals surface area contributed by atoms with Gasteiger partial charge < -0.3 is 0 Å². The van der Waals surface area contributed by atoms with Gasteiger partial charge in [-0.05, 0) is 43.0 Å². The smallest absolute Gasteiger partial charge is 0.229 e. The largest absolute Gasteiger partial charge is 0.243 e. The van der Waals surface area contributed by atoms with Crippen LogP contribution in [-0.2, 0) is 26.4 Å². The summed E-state index contributed by atoms with van der Waals surface area (Å²) in [6.07, 6.45) is 0.333. The molecule has 0 bridgehead atoms. The van der Waals surface area contributed by atoms with Gasteiger partial charge in [0, 0.05) is 12.6 Å². The minimum Gasteiger partial charge on any atom is -0.229 e. The van der Waals surface area contributed by atoms with Gasteiger partial charge in [0.05, 0.1) is 16.4 Å². The topological polar surface area (TPSA) is 71.5 Å². The Balaban J connectivity index is 2.05. The average Bonchev–Trinajstić information content (AvgIpc) is 2.95. The average molecular weight is 394 g/mol. The molecule has 1 fully saturated rings. The van der Waals surface area contributed by atoms with Gasteiger partial charge in [0.25, 0.3) is 0 Å². The number of hydrogen-bond acceptors (Lipinski definition) is 4. The van der Waals surface area contributed by atoms with Gasteiger partial charge >= 0.3 is 0 Å². The van der Waals surface area contributed by atoms with Gasteiger partial charge in [-0.2, -0.15) is 4.31 Å². The second-order valence-electron chi connectivity index (χ2n) is 6.86. The van der Waals surface area contributed by atoms with Crippen molar-refractivity contribution in [3.63, 3.8) is 0 Å². The van der Waals surface area contributed by atoms with E-state index in [9.17, 15) is 16.8 Å². The van der Waals surface area contributed by atoms with E-state index in [1.807, 2.05) is 43.3 Å². The summed E-state index contributed by atoms with van der Waals surface area (Å²) in [5.41, 5.74) is 2.35. The highest BCUT2D eigenvalue weighted by Gasteiger charge is 2.39. The van der Waals surface area contributed by atoms with Gasteiger partial charge in [0.2, 0.25) is 10.0 Å². The van der Waals surface area contributed by atoms with Crippen molar-refractivity contribution in [1.29, 1.82) is 0 Å². The van der Waals surface area contributed by atoms with Crippen LogP contribution in [0, 0.1) is 13.8 Å². The number of sulfonamides is 1. The van der Waals surface area contributed by atoms with Crippen molar-refractivity contribution in [1.82, 2.24) is 4.31 Å². The molecular formula is C19H23NO4S2. The van der Waals surface area contributed by atoms with Crippen LogP contribution in [0.2, 0.25) is 0 Å². The maximum absolute atomic E-state index is 13.4. The second-order valence-corrected chi connectivity index (χ2v) is 10.9. The second kappa shape index (κ2) is 7.13. The van der Waals surface area contributed by atoms with Crippen LogP contribution in [0.3, 0.4) is 0 Å². The van der Waals surface area contributed by atoms with Crippen LogP contribution in [0.5, 0.6) is 0 Å². The summed E-state index contributed by atoms with van der Waals surface area (Å²) in [5, 5.41) is 0. The Hall–Kier alpha value is -1.70. The molecule has 0 amide bonds. The predicted octanol–water partition coefficient (Wildman–Crippen LogP) is 2.68. The molecule has 5 nitrogen and oxygen atoms in total. The van der Waals surface area contributed by atoms with Crippen molar-refractivity contribution < 1.29 is 16.8 Å². The third kappa shape index (κ3) is 4.00. The lowest BCUT2D eigenvalue weighted by Gasteiger charge is -2.28. The molecule has 140 valence electrons. The van der Waals surface area contributed by atoms with Crippen molar-refractivity contribution in [2.24, 2.45) is 0 Å². The summed E-state index contributed by atoms with van der Waals surface area (Å²) in [4.78, 5) is 0.248. The van der Waals surface area contributed by atoms with Crippen LogP contribution in [0.4, 0.5) is 0 Å². The van der Waals surface area contributed by atoms with Crippen molar-refractivity contribution in [3.8, 4) is 0 Å². The summed E-state index contributed by atoms with van der Waals surface area (Å²) in [5.74, 6) is -0.0881. The third-order valence-corrected chi connectivity index (χ3v) is 8.52. The van der Waals surface area contributed by atoms with E-state index in [4.69, 9.17) is 0 Å². The molecule has 0 spiro atoms. The van der Waals surface area contributed by atoms with E-state index in [0.717, 1.165) is 11.1 Å². The molecule has 0 aromatic heterocycles. The minimum absolute atomic E-state index is 0.0330. The highest BCUT2D eigenvalue weighted by molar-refractivity contribution is 7.92. The highest BCUT2D eigenvalue weighted by atomic mass is 32.2.